The van der Waals surface area contributed by atoms with Crippen LogP contribution < -0.4 is 0 Å². The molecule has 1 rings (SSSR count). The standard InChI is InChI=1S/C11H16N2O4/c1-11(2,3)13(6-4-9(14)15)10(16)8-5-7-17-12-8/h5,7H,4,6H2,1-3H3,(H,14,15). The lowest BCUT2D eigenvalue weighted by Crippen LogP contribution is -2.46. The van der Waals surface area contributed by atoms with Crippen molar-refractivity contribution in [2.24, 2.45) is 0 Å². The first-order valence-electron chi connectivity index (χ1n) is 5.26. The Kier molecular flexibility index (Phi) is 3.88. The molecule has 94 valence electrons. The molecule has 1 N–H and O–H groups in total. The first-order valence-corrected chi connectivity index (χ1v) is 5.26. The molecule has 6 heteroatoms. The van der Waals surface area contributed by atoms with Crippen molar-refractivity contribution in [3.63, 3.8) is 0 Å². The molecule has 0 saturated carbocycles. The molecule has 0 saturated heterocycles. The molecule has 1 amide bonds. The second-order valence-corrected chi connectivity index (χ2v) is 4.66. The van der Waals surface area contributed by atoms with Gasteiger partial charge in [0.25, 0.3) is 5.91 Å². The van der Waals surface area contributed by atoms with Crippen LogP contribution in [0.2, 0.25) is 0 Å². The van der Waals surface area contributed by atoms with E-state index in [1.165, 1.54) is 17.2 Å². The fourth-order valence-electron chi connectivity index (χ4n) is 1.41. The molecule has 0 aromatic carbocycles. The zero-order chi connectivity index (χ0) is 13.1. The van der Waals surface area contributed by atoms with Gasteiger partial charge in [0.2, 0.25) is 0 Å². The van der Waals surface area contributed by atoms with Gasteiger partial charge < -0.3 is 14.5 Å². The van der Waals surface area contributed by atoms with Crippen LogP contribution in [-0.4, -0.2) is 39.1 Å². The van der Waals surface area contributed by atoms with Gasteiger partial charge in [-0.15, -0.1) is 0 Å². The van der Waals surface area contributed by atoms with E-state index in [0.29, 0.717) is 0 Å². The van der Waals surface area contributed by atoms with Crippen LogP contribution in [0.1, 0.15) is 37.7 Å². The van der Waals surface area contributed by atoms with E-state index >= 15 is 0 Å². The minimum absolute atomic E-state index is 0.0964. The van der Waals surface area contributed by atoms with Gasteiger partial charge in [-0.2, -0.15) is 0 Å². The van der Waals surface area contributed by atoms with Crippen LogP contribution in [0.5, 0.6) is 0 Å². The van der Waals surface area contributed by atoms with Gasteiger partial charge in [-0.3, -0.25) is 9.59 Å². The molecular weight excluding hydrogens is 224 g/mol. The van der Waals surface area contributed by atoms with Crippen LogP contribution in [0, 0.1) is 0 Å². The van der Waals surface area contributed by atoms with E-state index in [1.54, 1.807) is 0 Å². The second-order valence-electron chi connectivity index (χ2n) is 4.66. The highest BCUT2D eigenvalue weighted by Gasteiger charge is 2.28. The van der Waals surface area contributed by atoms with E-state index in [2.05, 4.69) is 9.68 Å². The minimum atomic E-state index is -0.938. The molecule has 0 fully saturated rings. The van der Waals surface area contributed by atoms with E-state index in [-0.39, 0.29) is 24.6 Å². The summed E-state index contributed by atoms with van der Waals surface area (Å²) in [6.45, 7) is 5.66. The van der Waals surface area contributed by atoms with Crippen molar-refractivity contribution < 1.29 is 19.2 Å². The summed E-state index contributed by atoms with van der Waals surface area (Å²) in [5.41, 5.74) is -0.281. The number of nitrogens with zero attached hydrogens (tertiary/aromatic N) is 2. The predicted octanol–water partition coefficient (Wildman–Crippen LogP) is 1.39. The normalized spacial score (nSPS) is 11.2. The highest BCUT2D eigenvalue weighted by Crippen LogP contribution is 2.17. The zero-order valence-corrected chi connectivity index (χ0v) is 10.1. The van der Waals surface area contributed by atoms with Crippen molar-refractivity contribution in [3.8, 4) is 0 Å². The molecule has 0 bridgehead atoms. The minimum Gasteiger partial charge on any atom is -0.481 e. The number of aromatic nitrogens is 1. The van der Waals surface area contributed by atoms with Gasteiger partial charge >= 0.3 is 5.97 Å². The third-order valence-corrected chi connectivity index (χ3v) is 2.26. The Bertz CT molecular complexity index is 392. The Morgan fingerprint density at radius 2 is 2.12 bits per heavy atom. The molecule has 6 nitrogen and oxygen atoms in total. The van der Waals surface area contributed by atoms with E-state index in [9.17, 15) is 9.59 Å². The maximum absolute atomic E-state index is 12.1. The molecule has 0 aliphatic carbocycles. The maximum atomic E-state index is 12.1. The highest BCUT2D eigenvalue weighted by atomic mass is 16.5. The van der Waals surface area contributed by atoms with Crippen molar-refractivity contribution >= 4 is 11.9 Å². The van der Waals surface area contributed by atoms with Crippen molar-refractivity contribution in [3.05, 3.63) is 18.0 Å². The SMILES string of the molecule is CC(C)(C)N(CCC(=O)O)C(=O)c1ccon1. The van der Waals surface area contributed by atoms with Crippen molar-refractivity contribution in [2.45, 2.75) is 32.7 Å². The highest BCUT2D eigenvalue weighted by molar-refractivity contribution is 5.92. The zero-order valence-electron chi connectivity index (χ0n) is 10.1. The lowest BCUT2D eigenvalue weighted by Gasteiger charge is -2.34. The van der Waals surface area contributed by atoms with Gasteiger partial charge in [0, 0.05) is 18.2 Å². The quantitative estimate of drug-likeness (QED) is 0.859. The van der Waals surface area contributed by atoms with Crippen molar-refractivity contribution in [2.75, 3.05) is 6.54 Å². The number of carbonyl (C=O) groups is 2. The fourth-order valence-corrected chi connectivity index (χ4v) is 1.41. The number of carboxylic acid groups (broad SMARTS) is 1. The number of aliphatic carboxylic acids is 1. The number of rotatable bonds is 4. The first kappa shape index (κ1) is 13.2. The average Bonchev–Trinajstić information content (AvgIpc) is 2.67. The van der Waals surface area contributed by atoms with E-state index < -0.39 is 11.5 Å². The molecule has 17 heavy (non-hydrogen) atoms. The Labute approximate surface area is 99.2 Å². The van der Waals surface area contributed by atoms with Gasteiger partial charge in [0.1, 0.15) is 6.26 Å². The van der Waals surface area contributed by atoms with Gasteiger partial charge in [0.15, 0.2) is 5.69 Å². The number of hydrogen-bond acceptors (Lipinski definition) is 4. The van der Waals surface area contributed by atoms with Gasteiger partial charge in [-0.05, 0) is 20.8 Å². The Morgan fingerprint density at radius 3 is 2.53 bits per heavy atom. The smallest absolute Gasteiger partial charge is 0.305 e. The van der Waals surface area contributed by atoms with Crippen LogP contribution >= 0.6 is 0 Å². The Morgan fingerprint density at radius 1 is 1.47 bits per heavy atom. The summed E-state index contributed by atoms with van der Waals surface area (Å²) in [5.74, 6) is -1.26. The van der Waals surface area contributed by atoms with E-state index in [0.717, 1.165) is 0 Å². The molecule has 0 atom stereocenters. The van der Waals surface area contributed by atoms with Crippen LogP contribution in [-0.2, 0) is 4.79 Å². The van der Waals surface area contributed by atoms with Crippen LogP contribution in [0.25, 0.3) is 0 Å². The number of amides is 1. The molecule has 0 radical (unpaired) electrons. The molecule has 0 aliphatic rings. The summed E-state index contributed by atoms with van der Waals surface area (Å²) < 4.78 is 4.61. The summed E-state index contributed by atoms with van der Waals surface area (Å²) in [6, 6.07) is 1.46. The predicted molar refractivity (Wildman–Crippen MR) is 59.5 cm³/mol. The molecule has 0 spiro atoms. The number of hydrogen-bond donors (Lipinski definition) is 1. The monoisotopic (exact) mass is 240 g/mol. The Hall–Kier alpha value is -1.85. The number of carbonyl (C=O) groups excluding carboxylic acids is 1. The van der Waals surface area contributed by atoms with Crippen molar-refractivity contribution in [1.29, 1.82) is 0 Å². The first-order chi connectivity index (χ1) is 7.82. The van der Waals surface area contributed by atoms with E-state index in [4.69, 9.17) is 5.11 Å². The third kappa shape index (κ3) is 3.58. The molecule has 1 heterocycles. The molecular formula is C11H16N2O4. The summed E-state index contributed by atoms with van der Waals surface area (Å²) in [7, 11) is 0. The molecule has 1 aromatic rings. The fraction of sp³-hybridized carbons (Fsp3) is 0.545. The number of carboxylic acids is 1. The summed E-state index contributed by atoms with van der Waals surface area (Å²) in [4.78, 5) is 24.1. The maximum Gasteiger partial charge on any atom is 0.305 e. The van der Waals surface area contributed by atoms with Crippen LogP contribution in [0.4, 0.5) is 0 Å². The van der Waals surface area contributed by atoms with Crippen LogP contribution in [0.15, 0.2) is 16.9 Å². The lowest BCUT2D eigenvalue weighted by molar-refractivity contribution is -0.137. The molecule has 0 aliphatic heterocycles. The summed E-state index contributed by atoms with van der Waals surface area (Å²) in [6.07, 6.45) is 1.21. The van der Waals surface area contributed by atoms with Gasteiger partial charge in [-0.1, -0.05) is 5.16 Å². The van der Waals surface area contributed by atoms with Gasteiger partial charge in [-0.25, -0.2) is 0 Å². The van der Waals surface area contributed by atoms with E-state index in [1.807, 2.05) is 20.8 Å². The van der Waals surface area contributed by atoms with Crippen molar-refractivity contribution in [1.82, 2.24) is 10.1 Å². The Balaban J connectivity index is 2.84. The summed E-state index contributed by atoms with van der Waals surface area (Å²) >= 11 is 0. The van der Waals surface area contributed by atoms with Crippen LogP contribution in [0.3, 0.4) is 0 Å². The van der Waals surface area contributed by atoms with Gasteiger partial charge in [0.05, 0.1) is 6.42 Å². The average molecular weight is 240 g/mol. The lowest BCUT2D eigenvalue weighted by atomic mass is 10.0. The second kappa shape index (κ2) is 4.99. The molecule has 0 unspecified atom stereocenters. The largest absolute Gasteiger partial charge is 0.481 e. The third-order valence-electron chi connectivity index (χ3n) is 2.26. The summed E-state index contributed by atoms with van der Waals surface area (Å²) in [5, 5.41) is 12.2. The topological polar surface area (TPSA) is 83.6 Å². The molecule has 1 aromatic heterocycles.